The standard InChI is InChI=1S/C15H14N2O4.C6H6FN.Cu/c1-9-8-12(18)13(15(20)21-9)10(2)16-17-14(19)11-6-4-3-5-7-11;7-5-1-3-6(8)4-2-5;/h3-8,18H,1-2H3,(H,17,19);1-4H,8H2;/q;;+2/p-2/b16-10+;;. The van der Waals surface area contributed by atoms with E-state index in [0.717, 1.165) is 0 Å². The third-order valence-corrected chi connectivity index (χ3v) is 3.58. The monoisotopic (exact) mass is 458 g/mol. The molecule has 0 atom stereocenters. The molecule has 0 aliphatic carbocycles. The van der Waals surface area contributed by atoms with E-state index in [4.69, 9.17) is 10.2 Å². The molecular weight excluding hydrogens is 441 g/mol. The second-order valence-corrected chi connectivity index (χ2v) is 5.89. The van der Waals surface area contributed by atoms with Crippen LogP contribution in [-0.4, -0.2) is 11.6 Å². The number of benzene rings is 2. The van der Waals surface area contributed by atoms with Crippen LogP contribution < -0.4 is 21.6 Å². The third kappa shape index (κ3) is 7.20. The predicted molar refractivity (Wildman–Crippen MR) is 105 cm³/mol. The molecule has 1 aromatic heterocycles. The molecule has 1 radical (unpaired) electrons. The van der Waals surface area contributed by atoms with Crippen LogP contribution in [-0.2, 0) is 17.1 Å². The minimum absolute atomic E-state index is 0. The smallest absolute Gasteiger partial charge is 0.872 e. The summed E-state index contributed by atoms with van der Waals surface area (Å²) in [6.07, 6.45) is 0. The van der Waals surface area contributed by atoms with Gasteiger partial charge in [0, 0.05) is 11.6 Å². The summed E-state index contributed by atoms with van der Waals surface area (Å²) in [5, 5.41) is 30.7. The topological polar surface area (TPSA) is 127 Å². The summed E-state index contributed by atoms with van der Waals surface area (Å²) >= 11 is 0. The zero-order valence-corrected chi connectivity index (χ0v) is 17.0. The van der Waals surface area contributed by atoms with E-state index in [-0.39, 0.29) is 39.9 Å². The average Bonchev–Trinajstić information content (AvgIpc) is 2.69. The van der Waals surface area contributed by atoms with E-state index in [1.807, 2.05) is 0 Å². The number of halogens is 1. The Morgan fingerprint density at radius 1 is 1.07 bits per heavy atom. The van der Waals surface area contributed by atoms with Gasteiger partial charge in [0.2, 0.25) is 0 Å². The summed E-state index contributed by atoms with van der Waals surface area (Å²) in [5.74, 6) is -1.09. The van der Waals surface area contributed by atoms with Crippen molar-refractivity contribution in [3.63, 3.8) is 0 Å². The largest absolute Gasteiger partial charge is 2.00 e. The first-order valence-electron chi connectivity index (χ1n) is 8.45. The van der Waals surface area contributed by atoms with E-state index in [0.29, 0.717) is 11.3 Å². The van der Waals surface area contributed by atoms with Gasteiger partial charge in [-0.25, -0.2) is 9.18 Å². The van der Waals surface area contributed by atoms with E-state index >= 15 is 0 Å². The minimum Gasteiger partial charge on any atom is -0.872 e. The molecule has 0 saturated heterocycles. The van der Waals surface area contributed by atoms with Gasteiger partial charge in [-0.05, 0) is 49.7 Å². The van der Waals surface area contributed by atoms with Gasteiger partial charge in [-0.3, -0.25) is 0 Å². The number of nitrogen functional groups attached to an aromatic ring is 1. The van der Waals surface area contributed by atoms with Gasteiger partial charge in [0.25, 0.3) is 0 Å². The van der Waals surface area contributed by atoms with E-state index in [1.165, 1.54) is 44.2 Å². The van der Waals surface area contributed by atoms with Crippen LogP contribution in [0.3, 0.4) is 0 Å². The van der Waals surface area contributed by atoms with Crippen molar-refractivity contribution in [2.45, 2.75) is 13.8 Å². The molecule has 9 heteroatoms. The number of nitrogens with two attached hydrogens (primary N) is 1. The van der Waals surface area contributed by atoms with Crippen LogP contribution in [0.25, 0.3) is 0 Å². The second kappa shape index (κ2) is 11.5. The third-order valence-electron chi connectivity index (χ3n) is 3.58. The first-order chi connectivity index (χ1) is 13.8. The van der Waals surface area contributed by atoms with E-state index in [9.17, 15) is 19.4 Å². The Morgan fingerprint density at radius 2 is 1.67 bits per heavy atom. The number of aryl methyl sites for hydroxylation is 1. The van der Waals surface area contributed by atoms with Crippen LogP contribution in [0.15, 0.2) is 80.1 Å². The van der Waals surface area contributed by atoms with Crippen molar-refractivity contribution in [2.24, 2.45) is 10.2 Å². The van der Waals surface area contributed by atoms with Crippen molar-refractivity contribution in [3.8, 4) is 5.75 Å². The fraction of sp³-hybridized carbons (Fsp3) is 0.0952. The maximum atomic E-state index is 12.0. The Hall–Kier alpha value is -3.42. The second-order valence-electron chi connectivity index (χ2n) is 5.89. The Labute approximate surface area is 182 Å². The molecule has 0 aliphatic rings. The van der Waals surface area contributed by atoms with Gasteiger partial charge in [-0.2, -0.15) is 10.2 Å². The SMILES string of the molecule is C/C(=N\N=C(/[O-])c1ccccc1)c1c([O-])cc(C)oc1=O.Nc1ccc(F)cc1.[Cu+2]. The predicted octanol–water partition coefficient (Wildman–Crippen LogP) is 1.96. The van der Waals surface area contributed by atoms with Crippen LogP contribution in [0.4, 0.5) is 10.1 Å². The molecule has 0 bridgehead atoms. The van der Waals surface area contributed by atoms with Crippen molar-refractivity contribution < 1.29 is 36.1 Å². The molecule has 3 aromatic rings. The fourth-order valence-corrected chi connectivity index (χ4v) is 2.18. The minimum atomic E-state index is -0.788. The molecule has 0 unspecified atom stereocenters. The van der Waals surface area contributed by atoms with E-state index < -0.39 is 17.3 Å². The molecule has 1 heterocycles. The van der Waals surface area contributed by atoms with Crippen molar-refractivity contribution in [3.05, 3.63) is 93.8 Å². The van der Waals surface area contributed by atoms with Crippen LogP contribution in [0.5, 0.6) is 5.75 Å². The van der Waals surface area contributed by atoms with E-state index in [1.54, 1.807) is 30.3 Å². The quantitative estimate of drug-likeness (QED) is 0.211. The summed E-state index contributed by atoms with van der Waals surface area (Å²) in [5.41, 5.74) is 5.25. The normalized spacial score (nSPS) is 11.2. The van der Waals surface area contributed by atoms with Gasteiger partial charge in [0.05, 0.1) is 11.3 Å². The summed E-state index contributed by atoms with van der Waals surface area (Å²) < 4.78 is 16.9. The summed E-state index contributed by atoms with van der Waals surface area (Å²) in [7, 11) is 0. The Kier molecular flexibility index (Phi) is 9.48. The Bertz CT molecular complexity index is 1060. The van der Waals surface area contributed by atoms with Crippen molar-refractivity contribution >= 4 is 17.3 Å². The summed E-state index contributed by atoms with van der Waals surface area (Å²) in [6.45, 7) is 2.92. The maximum absolute atomic E-state index is 12.0. The number of rotatable bonds is 3. The molecule has 0 fully saturated rings. The van der Waals surface area contributed by atoms with Crippen LogP contribution in [0.1, 0.15) is 23.8 Å². The first-order valence-corrected chi connectivity index (χ1v) is 8.45. The van der Waals surface area contributed by atoms with Gasteiger partial charge in [-0.15, -0.1) is 0 Å². The van der Waals surface area contributed by atoms with Crippen LogP contribution in [0.2, 0.25) is 0 Å². The number of nitrogens with zero attached hydrogens (tertiary/aromatic N) is 2. The first kappa shape index (κ1) is 24.6. The molecule has 0 saturated carbocycles. The van der Waals surface area contributed by atoms with Gasteiger partial charge in [-0.1, -0.05) is 36.1 Å². The molecule has 0 amide bonds. The van der Waals surface area contributed by atoms with Crippen molar-refractivity contribution in [1.82, 2.24) is 0 Å². The fourth-order valence-electron chi connectivity index (χ4n) is 2.18. The average molecular weight is 459 g/mol. The van der Waals surface area contributed by atoms with Gasteiger partial charge in [0.1, 0.15) is 11.6 Å². The molecular formula is C21H18CuFN3O4. The number of anilines is 1. The molecule has 0 aliphatic heterocycles. The van der Waals surface area contributed by atoms with Crippen molar-refractivity contribution in [1.29, 1.82) is 0 Å². The molecule has 3 rings (SSSR count). The van der Waals surface area contributed by atoms with Gasteiger partial charge in [0.15, 0.2) is 0 Å². The zero-order chi connectivity index (χ0) is 21.4. The summed E-state index contributed by atoms with van der Waals surface area (Å²) in [4.78, 5) is 11.6. The van der Waals surface area contributed by atoms with Gasteiger partial charge >= 0.3 is 22.7 Å². The number of hydrogen-bond donors (Lipinski definition) is 1. The van der Waals surface area contributed by atoms with Crippen molar-refractivity contribution in [2.75, 3.05) is 5.73 Å². The zero-order valence-electron chi connectivity index (χ0n) is 16.1. The molecule has 2 aromatic carbocycles. The maximum Gasteiger partial charge on any atom is 2.00 e. The molecule has 159 valence electrons. The van der Waals surface area contributed by atoms with Crippen LogP contribution >= 0.6 is 0 Å². The molecule has 0 spiro atoms. The van der Waals surface area contributed by atoms with Gasteiger partial charge < -0.3 is 20.4 Å². The van der Waals surface area contributed by atoms with Crippen LogP contribution in [0, 0.1) is 12.7 Å². The Morgan fingerprint density at radius 3 is 2.20 bits per heavy atom. The Balaban J connectivity index is 0.000000421. The van der Waals surface area contributed by atoms with E-state index in [2.05, 4.69) is 10.2 Å². The summed E-state index contributed by atoms with van der Waals surface area (Å²) in [6, 6.07) is 15.2. The number of hydrogen-bond acceptors (Lipinski definition) is 7. The molecule has 2 N–H and O–H groups in total. The molecule has 30 heavy (non-hydrogen) atoms. The molecule has 7 nitrogen and oxygen atoms in total.